The van der Waals surface area contributed by atoms with Crippen molar-refractivity contribution in [2.75, 3.05) is 18.5 Å². The van der Waals surface area contributed by atoms with Crippen LogP contribution in [0, 0.1) is 0 Å². The minimum Gasteiger partial charge on any atom is -0.491 e. The molecule has 3 rings (SSSR count). The number of hydrogen-bond acceptors (Lipinski definition) is 3. The van der Waals surface area contributed by atoms with Crippen LogP contribution in [0.5, 0.6) is 5.75 Å². The van der Waals surface area contributed by atoms with Crippen molar-refractivity contribution in [1.82, 2.24) is 5.32 Å². The molecule has 0 aromatic heterocycles. The van der Waals surface area contributed by atoms with Crippen molar-refractivity contribution < 1.29 is 9.53 Å². The average molecular weight is 268 g/mol. The fourth-order valence-corrected chi connectivity index (χ4v) is 2.27. The van der Waals surface area contributed by atoms with Crippen LogP contribution in [0.4, 0.5) is 5.69 Å². The molecule has 2 N–H and O–H groups in total. The molecule has 0 fully saturated rings. The zero-order valence-corrected chi connectivity index (χ0v) is 11.0. The number of benzene rings is 2. The van der Waals surface area contributed by atoms with Gasteiger partial charge in [-0.2, -0.15) is 0 Å². The molecule has 1 atom stereocenters. The fraction of sp³-hybridized carbons (Fsp3) is 0.188. The maximum atomic E-state index is 11.9. The van der Waals surface area contributed by atoms with E-state index in [1.54, 1.807) is 0 Å². The lowest BCUT2D eigenvalue weighted by atomic mass is 10.1. The van der Waals surface area contributed by atoms with Crippen molar-refractivity contribution in [2.45, 2.75) is 6.04 Å². The summed E-state index contributed by atoms with van der Waals surface area (Å²) in [7, 11) is 0. The van der Waals surface area contributed by atoms with E-state index >= 15 is 0 Å². The highest BCUT2D eigenvalue weighted by atomic mass is 16.5. The Morgan fingerprint density at radius 2 is 1.85 bits per heavy atom. The Bertz CT molecular complexity index is 598. The van der Waals surface area contributed by atoms with Crippen LogP contribution < -0.4 is 15.4 Å². The summed E-state index contributed by atoms with van der Waals surface area (Å²) < 4.78 is 5.57. The van der Waals surface area contributed by atoms with Crippen LogP contribution in [-0.4, -0.2) is 19.1 Å². The number of ether oxygens (including phenoxy) is 1. The number of nitrogens with one attached hydrogen (secondary N) is 2. The highest BCUT2D eigenvalue weighted by molar-refractivity contribution is 5.92. The molecule has 2 aromatic carbocycles. The fourth-order valence-electron chi connectivity index (χ4n) is 2.27. The Kier molecular flexibility index (Phi) is 3.65. The molecule has 2 aromatic rings. The van der Waals surface area contributed by atoms with Gasteiger partial charge in [0.2, 0.25) is 5.91 Å². The van der Waals surface area contributed by atoms with E-state index in [9.17, 15) is 4.79 Å². The minimum atomic E-state index is -0.0550. The second-order valence-corrected chi connectivity index (χ2v) is 4.70. The maximum Gasteiger partial charge on any atom is 0.238 e. The van der Waals surface area contributed by atoms with Gasteiger partial charge in [0.15, 0.2) is 0 Å². The van der Waals surface area contributed by atoms with Crippen LogP contribution in [0.2, 0.25) is 0 Å². The summed E-state index contributed by atoms with van der Waals surface area (Å²) in [4.78, 5) is 11.9. The van der Waals surface area contributed by atoms with Crippen molar-refractivity contribution in [3.8, 4) is 5.75 Å². The monoisotopic (exact) mass is 268 g/mol. The molecule has 1 aliphatic heterocycles. The van der Waals surface area contributed by atoms with Crippen LogP contribution in [0.3, 0.4) is 0 Å². The molecule has 102 valence electrons. The van der Waals surface area contributed by atoms with Crippen LogP contribution in [0.25, 0.3) is 0 Å². The van der Waals surface area contributed by atoms with E-state index < -0.39 is 0 Å². The zero-order valence-electron chi connectivity index (χ0n) is 11.0. The number of carbonyl (C=O) groups is 1. The Labute approximate surface area is 117 Å². The van der Waals surface area contributed by atoms with E-state index in [2.05, 4.69) is 10.6 Å². The Morgan fingerprint density at radius 1 is 1.10 bits per heavy atom. The van der Waals surface area contributed by atoms with Gasteiger partial charge in [-0.05, 0) is 18.2 Å². The molecule has 0 spiro atoms. The van der Waals surface area contributed by atoms with Gasteiger partial charge in [0.25, 0.3) is 0 Å². The SMILES string of the molecule is O=C(CNC1COc2ccccc21)Nc1ccccc1. The van der Waals surface area contributed by atoms with E-state index in [1.165, 1.54) is 0 Å². The molecule has 0 aliphatic carbocycles. The first-order valence-corrected chi connectivity index (χ1v) is 6.63. The molecule has 0 saturated carbocycles. The van der Waals surface area contributed by atoms with Crippen molar-refractivity contribution >= 4 is 11.6 Å². The van der Waals surface area contributed by atoms with E-state index in [0.717, 1.165) is 17.0 Å². The molecule has 1 amide bonds. The number of fused-ring (bicyclic) bond motifs is 1. The maximum absolute atomic E-state index is 11.9. The number of para-hydroxylation sites is 2. The van der Waals surface area contributed by atoms with Gasteiger partial charge in [-0.25, -0.2) is 0 Å². The molecule has 4 heteroatoms. The Morgan fingerprint density at radius 3 is 2.70 bits per heavy atom. The van der Waals surface area contributed by atoms with Crippen LogP contribution in [0.1, 0.15) is 11.6 Å². The second-order valence-electron chi connectivity index (χ2n) is 4.70. The number of anilines is 1. The van der Waals surface area contributed by atoms with Crippen LogP contribution in [-0.2, 0) is 4.79 Å². The van der Waals surface area contributed by atoms with Crippen LogP contribution in [0.15, 0.2) is 54.6 Å². The Balaban J connectivity index is 1.54. The van der Waals surface area contributed by atoms with Gasteiger partial charge in [0.05, 0.1) is 12.6 Å². The smallest absolute Gasteiger partial charge is 0.238 e. The second kappa shape index (κ2) is 5.75. The summed E-state index contributed by atoms with van der Waals surface area (Å²) in [5.74, 6) is 0.842. The molecular weight excluding hydrogens is 252 g/mol. The largest absolute Gasteiger partial charge is 0.491 e. The summed E-state index contributed by atoms with van der Waals surface area (Å²) in [6.07, 6.45) is 0. The molecule has 1 unspecified atom stereocenters. The highest BCUT2D eigenvalue weighted by Gasteiger charge is 2.23. The summed E-state index contributed by atoms with van der Waals surface area (Å²) in [5.41, 5.74) is 1.92. The zero-order chi connectivity index (χ0) is 13.8. The van der Waals surface area contributed by atoms with Crippen molar-refractivity contribution in [2.24, 2.45) is 0 Å². The number of amides is 1. The number of rotatable bonds is 4. The van der Waals surface area contributed by atoms with E-state index in [4.69, 9.17) is 4.74 Å². The highest BCUT2D eigenvalue weighted by Crippen LogP contribution is 2.31. The van der Waals surface area contributed by atoms with Gasteiger partial charge in [-0.15, -0.1) is 0 Å². The third-order valence-corrected chi connectivity index (χ3v) is 3.27. The predicted octanol–water partition coefficient (Wildman–Crippen LogP) is 2.35. The van der Waals surface area contributed by atoms with Gasteiger partial charge in [-0.3, -0.25) is 10.1 Å². The normalized spacial score (nSPS) is 16.3. The first kappa shape index (κ1) is 12.7. The lowest BCUT2D eigenvalue weighted by Gasteiger charge is -2.11. The minimum absolute atomic E-state index is 0.0550. The molecule has 1 heterocycles. The molecule has 0 saturated heterocycles. The lowest BCUT2D eigenvalue weighted by Crippen LogP contribution is -2.31. The van der Waals surface area contributed by atoms with Gasteiger partial charge >= 0.3 is 0 Å². The first-order chi connectivity index (χ1) is 9.83. The summed E-state index contributed by atoms with van der Waals surface area (Å²) in [6.45, 7) is 0.829. The van der Waals surface area contributed by atoms with Gasteiger partial charge in [0, 0.05) is 11.3 Å². The van der Waals surface area contributed by atoms with E-state index in [-0.39, 0.29) is 18.5 Å². The van der Waals surface area contributed by atoms with Gasteiger partial charge in [-0.1, -0.05) is 36.4 Å². The summed E-state index contributed by atoms with van der Waals surface area (Å²) in [5, 5.41) is 6.07. The van der Waals surface area contributed by atoms with E-state index in [1.807, 2.05) is 54.6 Å². The third kappa shape index (κ3) is 2.81. The average Bonchev–Trinajstić information content (AvgIpc) is 2.89. The summed E-state index contributed by atoms with van der Waals surface area (Å²) >= 11 is 0. The topological polar surface area (TPSA) is 50.4 Å². The molecule has 0 bridgehead atoms. The predicted molar refractivity (Wildman–Crippen MR) is 77.8 cm³/mol. The molecule has 4 nitrogen and oxygen atoms in total. The number of hydrogen-bond donors (Lipinski definition) is 2. The molecule has 20 heavy (non-hydrogen) atoms. The lowest BCUT2D eigenvalue weighted by molar-refractivity contribution is -0.115. The summed E-state index contributed by atoms with van der Waals surface area (Å²) in [6, 6.07) is 17.4. The van der Waals surface area contributed by atoms with Crippen molar-refractivity contribution in [3.05, 3.63) is 60.2 Å². The number of carbonyl (C=O) groups excluding carboxylic acids is 1. The molecule has 0 radical (unpaired) electrons. The first-order valence-electron chi connectivity index (χ1n) is 6.63. The quantitative estimate of drug-likeness (QED) is 0.895. The third-order valence-electron chi connectivity index (χ3n) is 3.27. The Hall–Kier alpha value is -2.33. The standard InChI is InChI=1S/C16H16N2O2/c19-16(18-12-6-2-1-3-7-12)10-17-14-11-20-15-9-5-4-8-13(14)15/h1-9,14,17H,10-11H2,(H,18,19). The van der Waals surface area contributed by atoms with Crippen LogP contribution >= 0.6 is 0 Å². The van der Waals surface area contributed by atoms with E-state index in [0.29, 0.717) is 6.61 Å². The van der Waals surface area contributed by atoms with Crippen molar-refractivity contribution in [1.29, 1.82) is 0 Å². The van der Waals surface area contributed by atoms with Gasteiger partial charge < -0.3 is 10.1 Å². The molecule has 1 aliphatic rings. The molecular formula is C16H16N2O2. The van der Waals surface area contributed by atoms with Gasteiger partial charge in [0.1, 0.15) is 12.4 Å². The van der Waals surface area contributed by atoms with Crippen molar-refractivity contribution in [3.63, 3.8) is 0 Å².